The van der Waals surface area contributed by atoms with Gasteiger partial charge in [0.25, 0.3) is 0 Å². The summed E-state index contributed by atoms with van der Waals surface area (Å²) in [5.41, 5.74) is 1.85. The van der Waals surface area contributed by atoms with Crippen LogP contribution < -0.4 is 5.32 Å². The van der Waals surface area contributed by atoms with Crippen molar-refractivity contribution in [2.75, 3.05) is 19.7 Å². The Hall–Kier alpha value is -1.65. The summed E-state index contributed by atoms with van der Waals surface area (Å²) in [4.78, 5) is 12.2. The van der Waals surface area contributed by atoms with Gasteiger partial charge in [0.05, 0.1) is 12.7 Å². The fourth-order valence-corrected chi connectivity index (χ4v) is 2.40. The number of ketones is 1. The van der Waals surface area contributed by atoms with Crippen LogP contribution in [0.4, 0.5) is 0 Å². The van der Waals surface area contributed by atoms with Gasteiger partial charge < -0.3 is 14.5 Å². The Kier molecular flexibility index (Phi) is 3.36. The number of fused-ring (bicyclic) bond motifs is 1. The average Bonchev–Trinajstić information content (AvgIpc) is 2.85. The van der Waals surface area contributed by atoms with Crippen molar-refractivity contribution in [1.29, 1.82) is 0 Å². The van der Waals surface area contributed by atoms with Crippen LogP contribution in [0.1, 0.15) is 22.5 Å². The number of morpholine rings is 1. The zero-order valence-corrected chi connectivity index (χ0v) is 10.9. The predicted octanol–water partition coefficient (Wildman–Crippen LogP) is 2.30. The first-order chi connectivity index (χ1) is 9.24. The lowest BCUT2D eigenvalue weighted by Crippen LogP contribution is -2.39. The standard InChI is InChI=1S/C15H17NO3/c1-10-3-2-4-11-7-14(19-15(10)11)13(17)8-12-9-16-5-6-18-12/h2-4,7,12,16H,5-6,8-9H2,1H3. The van der Waals surface area contributed by atoms with E-state index in [9.17, 15) is 4.79 Å². The van der Waals surface area contributed by atoms with Crippen LogP contribution in [0.15, 0.2) is 28.7 Å². The molecule has 0 aliphatic carbocycles. The lowest BCUT2D eigenvalue weighted by molar-refractivity contribution is 0.0234. The van der Waals surface area contributed by atoms with E-state index in [1.165, 1.54) is 0 Å². The number of carbonyl (C=O) groups is 1. The number of carbonyl (C=O) groups excluding carboxylic acids is 1. The van der Waals surface area contributed by atoms with E-state index < -0.39 is 0 Å². The predicted molar refractivity (Wildman–Crippen MR) is 72.5 cm³/mol. The third-order valence-electron chi connectivity index (χ3n) is 3.43. The number of aryl methyl sites for hydroxylation is 1. The van der Waals surface area contributed by atoms with Crippen molar-refractivity contribution in [1.82, 2.24) is 5.32 Å². The van der Waals surface area contributed by atoms with Crippen molar-refractivity contribution in [2.24, 2.45) is 0 Å². The zero-order valence-electron chi connectivity index (χ0n) is 10.9. The Balaban J connectivity index is 1.79. The van der Waals surface area contributed by atoms with Gasteiger partial charge in [-0.3, -0.25) is 4.79 Å². The summed E-state index contributed by atoms with van der Waals surface area (Å²) in [6.07, 6.45) is 0.321. The second kappa shape index (κ2) is 5.15. The summed E-state index contributed by atoms with van der Waals surface area (Å²) in [5.74, 6) is 0.433. The number of hydrogen-bond acceptors (Lipinski definition) is 4. The first-order valence-electron chi connectivity index (χ1n) is 6.59. The highest BCUT2D eigenvalue weighted by atomic mass is 16.5. The Morgan fingerprint density at radius 1 is 1.47 bits per heavy atom. The highest BCUT2D eigenvalue weighted by Gasteiger charge is 2.21. The van der Waals surface area contributed by atoms with E-state index in [1.807, 2.05) is 31.2 Å². The number of Topliss-reactive ketones (excluding diaryl/α,β-unsaturated/α-hetero) is 1. The largest absolute Gasteiger partial charge is 0.453 e. The summed E-state index contributed by atoms with van der Waals surface area (Å²) >= 11 is 0. The third-order valence-corrected chi connectivity index (χ3v) is 3.43. The fraction of sp³-hybridized carbons (Fsp3) is 0.400. The van der Waals surface area contributed by atoms with Crippen molar-refractivity contribution in [3.63, 3.8) is 0 Å². The highest BCUT2D eigenvalue weighted by Crippen LogP contribution is 2.23. The van der Waals surface area contributed by atoms with Crippen LogP contribution in [-0.4, -0.2) is 31.6 Å². The van der Waals surface area contributed by atoms with E-state index in [4.69, 9.17) is 9.15 Å². The molecule has 1 aliphatic rings. The SMILES string of the molecule is Cc1cccc2cc(C(=O)CC3CNCCO3)oc12. The van der Waals surface area contributed by atoms with Gasteiger partial charge in [0, 0.05) is 24.9 Å². The molecule has 1 aliphatic heterocycles. The number of benzene rings is 1. The van der Waals surface area contributed by atoms with Crippen molar-refractivity contribution in [3.8, 4) is 0 Å². The lowest BCUT2D eigenvalue weighted by atomic mass is 10.1. The molecular weight excluding hydrogens is 242 g/mol. The smallest absolute Gasteiger partial charge is 0.200 e. The van der Waals surface area contributed by atoms with Gasteiger partial charge in [-0.05, 0) is 18.6 Å². The van der Waals surface area contributed by atoms with Gasteiger partial charge >= 0.3 is 0 Å². The monoisotopic (exact) mass is 259 g/mol. The maximum absolute atomic E-state index is 12.2. The number of rotatable bonds is 3. The fourth-order valence-electron chi connectivity index (χ4n) is 2.40. The van der Waals surface area contributed by atoms with Gasteiger partial charge in [0.2, 0.25) is 5.78 Å². The number of nitrogens with one attached hydrogen (secondary N) is 1. The molecule has 1 N–H and O–H groups in total. The van der Waals surface area contributed by atoms with Crippen LogP contribution >= 0.6 is 0 Å². The minimum atomic E-state index is -0.0458. The molecule has 4 heteroatoms. The third kappa shape index (κ3) is 2.55. The summed E-state index contributed by atoms with van der Waals surface area (Å²) in [7, 11) is 0. The molecule has 100 valence electrons. The zero-order chi connectivity index (χ0) is 13.2. The maximum Gasteiger partial charge on any atom is 0.200 e. The van der Waals surface area contributed by atoms with Crippen LogP contribution in [0.3, 0.4) is 0 Å². The van der Waals surface area contributed by atoms with Crippen molar-refractivity contribution >= 4 is 16.8 Å². The molecule has 2 heterocycles. The van der Waals surface area contributed by atoms with Crippen LogP contribution in [-0.2, 0) is 4.74 Å². The normalized spacial score (nSPS) is 19.7. The molecule has 19 heavy (non-hydrogen) atoms. The Morgan fingerprint density at radius 2 is 2.37 bits per heavy atom. The Labute approximate surface area is 111 Å². The molecule has 4 nitrogen and oxygen atoms in total. The van der Waals surface area contributed by atoms with Gasteiger partial charge in [0.1, 0.15) is 5.58 Å². The Bertz CT molecular complexity index is 596. The van der Waals surface area contributed by atoms with Crippen molar-refractivity contribution in [2.45, 2.75) is 19.4 Å². The van der Waals surface area contributed by atoms with Crippen LogP contribution in [0.5, 0.6) is 0 Å². The molecule has 0 radical (unpaired) electrons. The number of ether oxygens (including phenoxy) is 1. The van der Waals surface area contributed by atoms with E-state index in [2.05, 4.69) is 5.32 Å². The average molecular weight is 259 g/mol. The first kappa shape index (κ1) is 12.4. The summed E-state index contributed by atoms with van der Waals surface area (Å²) in [6.45, 7) is 4.23. The lowest BCUT2D eigenvalue weighted by Gasteiger charge is -2.22. The minimum Gasteiger partial charge on any atom is -0.453 e. The van der Waals surface area contributed by atoms with Gasteiger partial charge in [0.15, 0.2) is 5.76 Å². The van der Waals surface area contributed by atoms with Crippen LogP contribution in [0.2, 0.25) is 0 Å². The summed E-state index contributed by atoms with van der Waals surface area (Å²) in [5, 5.41) is 4.20. The minimum absolute atomic E-state index is 0.00398. The second-order valence-corrected chi connectivity index (χ2v) is 4.93. The van der Waals surface area contributed by atoms with Crippen LogP contribution in [0, 0.1) is 6.92 Å². The highest BCUT2D eigenvalue weighted by molar-refractivity contribution is 5.98. The maximum atomic E-state index is 12.2. The molecule has 1 atom stereocenters. The van der Waals surface area contributed by atoms with Gasteiger partial charge in [-0.25, -0.2) is 0 Å². The van der Waals surface area contributed by atoms with E-state index in [1.54, 1.807) is 0 Å². The van der Waals surface area contributed by atoms with E-state index in [-0.39, 0.29) is 11.9 Å². The molecule has 1 unspecified atom stereocenters. The number of para-hydroxylation sites is 1. The van der Waals surface area contributed by atoms with Gasteiger partial charge in [-0.15, -0.1) is 0 Å². The topological polar surface area (TPSA) is 51.5 Å². The summed E-state index contributed by atoms with van der Waals surface area (Å²) < 4.78 is 11.2. The molecule has 3 rings (SSSR count). The van der Waals surface area contributed by atoms with E-state index >= 15 is 0 Å². The van der Waals surface area contributed by atoms with E-state index in [0.717, 1.165) is 29.6 Å². The summed E-state index contributed by atoms with van der Waals surface area (Å²) in [6, 6.07) is 7.73. The second-order valence-electron chi connectivity index (χ2n) is 4.93. The molecule has 0 spiro atoms. The molecule has 0 bridgehead atoms. The Morgan fingerprint density at radius 3 is 3.11 bits per heavy atom. The molecule has 1 saturated heterocycles. The molecule has 0 saturated carbocycles. The van der Waals surface area contributed by atoms with Crippen LogP contribution in [0.25, 0.3) is 11.0 Å². The first-order valence-corrected chi connectivity index (χ1v) is 6.59. The number of hydrogen-bond donors (Lipinski definition) is 1. The van der Waals surface area contributed by atoms with Crippen molar-refractivity contribution in [3.05, 3.63) is 35.6 Å². The van der Waals surface area contributed by atoms with Crippen molar-refractivity contribution < 1.29 is 13.9 Å². The van der Waals surface area contributed by atoms with Gasteiger partial charge in [-0.2, -0.15) is 0 Å². The quantitative estimate of drug-likeness (QED) is 0.859. The molecular formula is C15H17NO3. The molecule has 1 fully saturated rings. The molecule has 1 aromatic heterocycles. The molecule has 1 aromatic carbocycles. The van der Waals surface area contributed by atoms with Gasteiger partial charge in [-0.1, -0.05) is 18.2 Å². The molecule has 0 amide bonds. The number of furan rings is 1. The molecule has 2 aromatic rings. The van der Waals surface area contributed by atoms with E-state index in [0.29, 0.717) is 18.8 Å².